The van der Waals surface area contributed by atoms with E-state index in [1.165, 1.54) is 0 Å². The van der Waals surface area contributed by atoms with Crippen molar-refractivity contribution in [2.45, 2.75) is 45.3 Å². The van der Waals surface area contributed by atoms with E-state index >= 15 is 0 Å². The van der Waals surface area contributed by atoms with Gasteiger partial charge >= 0.3 is 0 Å². The van der Waals surface area contributed by atoms with Crippen molar-refractivity contribution in [2.75, 3.05) is 13.1 Å². The van der Waals surface area contributed by atoms with Crippen LogP contribution in [0.5, 0.6) is 0 Å². The first kappa shape index (κ1) is 22.4. The van der Waals surface area contributed by atoms with E-state index in [0.29, 0.717) is 24.2 Å². The van der Waals surface area contributed by atoms with E-state index in [4.69, 9.17) is 0 Å². The molecule has 1 saturated heterocycles. The van der Waals surface area contributed by atoms with Crippen LogP contribution in [0, 0.1) is 5.92 Å². The number of carbonyl (C=O) groups excluding carboxylic acids is 1. The maximum atomic E-state index is 12.9. The SMILES string of the molecule is CCCn1cnnc1CNC(=O)c1ccc2n(c1=O)C[C@@H]1CNC[C@H]2C1.Cl.Cl. The fraction of sp³-hybridized carbons (Fsp3) is 0.556. The summed E-state index contributed by atoms with van der Waals surface area (Å²) in [7, 11) is 0. The molecule has 8 nitrogen and oxygen atoms in total. The Balaban J connectivity index is 0.00000140. The third-order valence-electron chi connectivity index (χ3n) is 5.32. The largest absolute Gasteiger partial charge is 0.345 e. The van der Waals surface area contributed by atoms with Crippen molar-refractivity contribution in [3.8, 4) is 0 Å². The second-order valence-corrected chi connectivity index (χ2v) is 7.17. The lowest BCUT2D eigenvalue weighted by molar-refractivity contribution is 0.0946. The fourth-order valence-corrected chi connectivity index (χ4v) is 4.06. The molecule has 0 aromatic carbocycles. The van der Waals surface area contributed by atoms with Crippen LogP contribution in [0.2, 0.25) is 0 Å². The molecule has 2 aliphatic rings. The minimum Gasteiger partial charge on any atom is -0.345 e. The van der Waals surface area contributed by atoms with Gasteiger partial charge in [0.05, 0.1) is 6.54 Å². The van der Waals surface area contributed by atoms with Gasteiger partial charge in [-0.25, -0.2) is 0 Å². The lowest BCUT2D eigenvalue weighted by atomic mass is 9.84. The minimum atomic E-state index is -0.356. The van der Waals surface area contributed by atoms with Crippen LogP contribution in [0.1, 0.15) is 47.6 Å². The quantitative estimate of drug-likeness (QED) is 0.748. The van der Waals surface area contributed by atoms with Crippen molar-refractivity contribution in [1.29, 1.82) is 0 Å². The van der Waals surface area contributed by atoms with Gasteiger partial charge in [-0.1, -0.05) is 6.92 Å². The van der Waals surface area contributed by atoms with Crippen LogP contribution < -0.4 is 16.2 Å². The first-order valence-corrected chi connectivity index (χ1v) is 9.26. The number of aromatic nitrogens is 4. The summed E-state index contributed by atoms with van der Waals surface area (Å²) in [5, 5.41) is 14.2. The zero-order valence-electron chi connectivity index (χ0n) is 15.8. The number of rotatable bonds is 5. The Kier molecular flexibility index (Phi) is 7.63. The average molecular weight is 429 g/mol. The molecule has 154 valence electrons. The molecular formula is C18H26Cl2N6O2. The molecule has 0 spiro atoms. The molecule has 2 aliphatic heterocycles. The molecule has 2 bridgehead atoms. The van der Waals surface area contributed by atoms with Gasteiger partial charge in [0.15, 0.2) is 5.82 Å². The number of nitrogens with one attached hydrogen (secondary N) is 2. The molecule has 1 fully saturated rings. The fourth-order valence-electron chi connectivity index (χ4n) is 4.06. The molecule has 28 heavy (non-hydrogen) atoms. The van der Waals surface area contributed by atoms with Gasteiger partial charge in [-0.15, -0.1) is 35.0 Å². The van der Waals surface area contributed by atoms with Crippen LogP contribution in [-0.2, 0) is 19.6 Å². The number of carbonyl (C=O) groups is 1. The van der Waals surface area contributed by atoms with Gasteiger partial charge in [-0.3, -0.25) is 9.59 Å². The number of hydrogen-bond acceptors (Lipinski definition) is 5. The summed E-state index contributed by atoms with van der Waals surface area (Å²) in [6.07, 6.45) is 3.74. The first-order chi connectivity index (χ1) is 12.7. The van der Waals surface area contributed by atoms with E-state index in [2.05, 4.69) is 27.8 Å². The van der Waals surface area contributed by atoms with Crippen molar-refractivity contribution < 1.29 is 4.79 Å². The maximum absolute atomic E-state index is 12.9. The average Bonchev–Trinajstić information content (AvgIpc) is 3.08. The smallest absolute Gasteiger partial charge is 0.263 e. The van der Waals surface area contributed by atoms with E-state index in [-0.39, 0.29) is 48.4 Å². The highest BCUT2D eigenvalue weighted by molar-refractivity contribution is 5.93. The summed E-state index contributed by atoms with van der Waals surface area (Å²) in [5.74, 6) is 1.16. The van der Waals surface area contributed by atoms with Gasteiger partial charge in [-0.05, 0) is 37.4 Å². The van der Waals surface area contributed by atoms with Crippen LogP contribution in [0.3, 0.4) is 0 Å². The van der Waals surface area contributed by atoms with Crippen molar-refractivity contribution in [1.82, 2.24) is 30.0 Å². The van der Waals surface area contributed by atoms with Crippen LogP contribution in [0.25, 0.3) is 0 Å². The number of aryl methyl sites for hydroxylation is 1. The monoisotopic (exact) mass is 428 g/mol. The Labute approximate surface area is 175 Å². The lowest BCUT2D eigenvalue weighted by Gasteiger charge is -2.37. The predicted octanol–water partition coefficient (Wildman–Crippen LogP) is 1.33. The zero-order chi connectivity index (χ0) is 18.1. The highest BCUT2D eigenvalue weighted by Crippen LogP contribution is 2.31. The number of amides is 1. The molecule has 2 N–H and O–H groups in total. The summed E-state index contributed by atoms with van der Waals surface area (Å²) in [5.41, 5.74) is 1.05. The highest BCUT2D eigenvalue weighted by Gasteiger charge is 2.31. The van der Waals surface area contributed by atoms with E-state index in [9.17, 15) is 9.59 Å². The molecule has 0 unspecified atom stereocenters. The van der Waals surface area contributed by atoms with Crippen LogP contribution in [-0.4, -0.2) is 38.3 Å². The van der Waals surface area contributed by atoms with Gasteiger partial charge in [0.2, 0.25) is 0 Å². The third-order valence-corrected chi connectivity index (χ3v) is 5.32. The summed E-state index contributed by atoms with van der Waals surface area (Å²) in [6, 6.07) is 3.60. The van der Waals surface area contributed by atoms with Gasteiger partial charge in [0.25, 0.3) is 11.5 Å². The Bertz CT molecular complexity index is 881. The molecule has 1 amide bonds. The Hall–Kier alpha value is -1.90. The first-order valence-electron chi connectivity index (χ1n) is 9.26. The number of hydrogen-bond donors (Lipinski definition) is 2. The zero-order valence-corrected chi connectivity index (χ0v) is 17.4. The van der Waals surface area contributed by atoms with Crippen LogP contribution in [0.4, 0.5) is 0 Å². The van der Waals surface area contributed by atoms with Crippen molar-refractivity contribution in [3.05, 3.63) is 45.9 Å². The molecule has 0 radical (unpaired) electrons. The van der Waals surface area contributed by atoms with Gasteiger partial charge in [-0.2, -0.15) is 0 Å². The van der Waals surface area contributed by atoms with E-state index < -0.39 is 0 Å². The molecule has 2 aromatic rings. The highest BCUT2D eigenvalue weighted by atomic mass is 35.5. The molecular weight excluding hydrogens is 403 g/mol. The molecule has 4 rings (SSSR count). The van der Waals surface area contributed by atoms with Crippen molar-refractivity contribution in [3.63, 3.8) is 0 Å². The molecule has 4 heterocycles. The molecule has 0 saturated carbocycles. The normalized spacial score (nSPS) is 19.8. The standard InChI is InChI=1S/C18H24N6O2.2ClH/c1-2-5-23-11-21-22-16(23)9-20-17(25)14-3-4-15-13-6-12(7-19-8-13)10-24(15)18(14)26;;/h3-4,11-13,19H,2,5-10H2,1H3,(H,20,25);2*1H/t12-,13+;;/m0../s1. The molecule has 0 aliphatic carbocycles. The molecule has 2 atom stereocenters. The molecule has 10 heteroatoms. The van der Waals surface area contributed by atoms with E-state index in [1.807, 2.05) is 10.6 Å². The summed E-state index contributed by atoms with van der Waals surface area (Å²) < 4.78 is 3.71. The van der Waals surface area contributed by atoms with Crippen LogP contribution in [0.15, 0.2) is 23.3 Å². The second-order valence-electron chi connectivity index (χ2n) is 7.17. The second kappa shape index (κ2) is 9.54. The minimum absolute atomic E-state index is 0. The lowest BCUT2D eigenvalue weighted by Crippen LogP contribution is -2.46. The van der Waals surface area contributed by atoms with Crippen LogP contribution >= 0.6 is 24.8 Å². The number of nitrogens with zero attached hydrogens (tertiary/aromatic N) is 4. The Morgan fingerprint density at radius 3 is 2.93 bits per heavy atom. The number of fused-ring (bicyclic) bond motifs is 4. The van der Waals surface area contributed by atoms with E-state index in [1.54, 1.807) is 17.0 Å². The third kappa shape index (κ3) is 4.24. The number of halogens is 2. The summed E-state index contributed by atoms with van der Waals surface area (Å²) in [6.45, 7) is 5.65. The van der Waals surface area contributed by atoms with Crippen molar-refractivity contribution >= 4 is 30.7 Å². The Morgan fingerprint density at radius 2 is 2.14 bits per heavy atom. The summed E-state index contributed by atoms with van der Waals surface area (Å²) in [4.78, 5) is 25.4. The van der Waals surface area contributed by atoms with Crippen molar-refractivity contribution in [2.24, 2.45) is 5.92 Å². The van der Waals surface area contributed by atoms with Gasteiger partial charge in [0, 0.05) is 31.2 Å². The van der Waals surface area contributed by atoms with Gasteiger partial charge in [0.1, 0.15) is 11.9 Å². The number of piperidine rings is 1. The van der Waals surface area contributed by atoms with Gasteiger partial charge < -0.3 is 19.8 Å². The summed E-state index contributed by atoms with van der Waals surface area (Å²) >= 11 is 0. The Morgan fingerprint density at radius 1 is 1.32 bits per heavy atom. The maximum Gasteiger partial charge on any atom is 0.263 e. The predicted molar refractivity (Wildman–Crippen MR) is 110 cm³/mol. The molecule has 2 aromatic heterocycles. The van der Waals surface area contributed by atoms with E-state index in [0.717, 1.165) is 38.2 Å². The topological polar surface area (TPSA) is 93.8 Å². The number of pyridine rings is 1.